The van der Waals surface area contributed by atoms with Gasteiger partial charge in [0.15, 0.2) is 0 Å². The summed E-state index contributed by atoms with van der Waals surface area (Å²) in [6, 6.07) is -0.221. The van der Waals surface area contributed by atoms with Crippen LogP contribution in [0.25, 0.3) is 0 Å². The summed E-state index contributed by atoms with van der Waals surface area (Å²) in [5.41, 5.74) is 1.30. The minimum absolute atomic E-state index is 0.000916. The molecule has 2 amide bonds. The van der Waals surface area contributed by atoms with Gasteiger partial charge in [0, 0.05) is 25.9 Å². The Morgan fingerprint density at radius 3 is 3.00 bits per heavy atom. The van der Waals surface area contributed by atoms with E-state index in [0.717, 1.165) is 12.8 Å². The van der Waals surface area contributed by atoms with Gasteiger partial charge in [0.05, 0.1) is 25.8 Å². The molecule has 1 aliphatic heterocycles. The van der Waals surface area contributed by atoms with Gasteiger partial charge in [-0.3, -0.25) is 9.59 Å². The van der Waals surface area contributed by atoms with Gasteiger partial charge in [-0.05, 0) is 43.0 Å². The number of hydrogen-bond donors (Lipinski definition) is 1. The highest BCUT2D eigenvalue weighted by Gasteiger charge is 2.29. The predicted octanol–water partition coefficient (Wildman–Crippen LogP) is 0.606. The monoisotopic (exact) mass is 376 g/mol. The third kappa shape index (κ3) is 5.59. The first-order chi connectivity index (χ1) is 13.1. The van der Waals surface area contributed by atoms with Crippen LogP contribution in [0.3, 0.4) is 0 Å². The quantitative estimate of drug-likeness (QED) is 0.700. The minimum Gasteiger partial charge on any atom is -0.377 e. The van der Waals surface area contributed by atoms with Crippen molar-refractivity contribution >= 4 is 11.8 Å². The van der Waals surface area contributed by atoms with E-state index < -0.39 is 0 Å². The topological polar surface area (TPSA) is 102 Å². The highest BCUT2D eigenvalue weighted by molar-refractivity contribution is 5.80. The second-order valence-corrected chi connectivity index (χ2v) is 7.10. The van der Waals surface area contributed by atoms with E-state index in [1.165, 1.54) is 18.4 Å². The Kier molecular flexibility index (Phi) is 6.92. The zero-order valence-electron chi connectivity index (χ0n) is 15.9. The van der Waals surface area contributed by atoms with Gasteiger partial charge in [-0.1, -0.05) is 11.6 Å². The van der Waals surface area contributed by atoms with Crippen molar-refractivity contribution in [1.29, 1.82) is 0 Å². The van der Waals surface area contributed by atoms with Crippen molar-refractivity contribution in [2.75, 3.05) is 26.3 Å². The van der Waals surface area contributed by atoms with Crippen LogP contribution in [0.5, 0.6) is 0 Å². The molecule has 1 aromatic heterocycles. The van der Waals surface area contributed by atoms with Crippen LogP contribution in [0.15, 0.2) is 11.6 Å². The highest BCUT2D eigenvalue weighted by Crippen LogP contribution is 2.17. The molecule has 1 fully saturated rings. The first-order valence-corrected chi connectivity index (χ1v) is 9.68. The SMILES string of the molecule is Cc1nnnn1CCC(=O)N1CCOC[C@@H]1CC(=O)NCC1=CCCCC1. The average Bonchev–Trinajstić information content (AvgIpc) is 3.10. The molecule has 1 aliphatic carbocycles. The predicted molar refractivity (Wildman–Crippen MR) is 97.7 cm³/mol. The molecular weight excluding hydrogens is 348 g/mol. The summed E-state index contributed by atoms with van der Waals surface area (Å²) in [5, 5.41) is 14.3. The summed E-state index contributed by atoms with van der Waals surface area (Å²) in [7, 11) is 0. The summed E-state index contributed by atoms with van der Waals surface area (Å²) in [4.78, 5) is 26.8. The van der Waals surface area contributed by atoms with Crippen molar-refractivity contribution in [2.45, 2.75) is 58.0 Å². The Hall–Kier alpha value is -2.29. The Morgan fingerprint density at radius 2 is 2.26 bits per heavy atom. The van der Waals surface area contributed by atoms with Crippen LogP contribution in [0, 0.1) is 6.92 Å². The molecule has 9 nitrogen and oxygen atoms in total. The maximum atomic E-state index is 12.6. The third-order valence-corrected chi connectivity index (χ3v) is 5.11. The van der Waals surface area contributed by atoms with Gasteiger partial charge in [-0.2, -0.15) is 0 Å². The number of ether oxygens (including phenoxy) is 1. The van der Waals surface area contributed by atoms with Gasteiger partial charge in [0.25, 0.3) is 0 Å². The summed E-state index contributed by atoms with van der Waals surface area (Å²) in [6.07, 6.45) is 7.39. The molecule has 0 saturated carbocycles. The number of aromatic nitrogens is 4. The van der Waals surface area contributed by atoms with E-state index in [1.54, 1.807) is 16.5 Å². The number of amides is 2. The van der Waals surface area contributed by atoms with Crippen LogP contribution in [0.2, 0.25) is 0 Å². The van der Waals surface area contributed by atoms with Crippen LogP contribution in [-0.4, -0.2) is 69.3 Å². The lowest BCUT2D eigenvalue weighted by Gasteiger charge is -2.35. The fourth-order valence-corrected chi connectivity index (χ4v) is 3.52. The number of hydrogen-bond acceptors (Lipinski definition) is 6. The molecule has 3 rings (SSSR count). The number of carbonyl (C=O) groups excluding carboxylic acids is 2. The summed E-state index contributed by atoms with van der Waals surface area (Å²) in [6.45, 7) is 4.25. The van der Waals surface area contributed by atoms with E-state index in [2.05, 4.69) is 26.9 Å². The van der Waals surface area contributed by atoms with Crippen LogP contribution >= 0.6 is 0 Å². The summed E-state index contributed by atoms with van der Waals surface area (Å²) in [5.74, 6) is 0.643. The Balaban J connectivity index is 1.48. The molecule has 0 unspecified atom stereocenters. The van der Waals surface area contributed by atoms with Gasteiger partial charge < -0.3 is 15.0 Å². The second kappa shape index (κ2) is 9.59. The maximum absolute atomic E-state index is 12.6. The molecule has 1 atom stereocenters. The van der Waals surface area contributed by atoms with Crippen molar-refractivity contribution in [1.82, 2.24) is 30.4 Å². The highest BCUT2D eigenvalue weighted by atomic mass is 16.5. The number of allylic oxidation sites excluding steroid dienone is 1. The van der Waals surface area contributed by atoms with Gasteiger partial charge in [0.1, 0.15) is 5.82 Å². The van der Waals surface area contributed by atoms with Gasteiger partial charge in [0.2, 0.25) is 11.8 Å². The number of nitrogens with one attached hydrogen (secondary N) is 1. The third-order valence-electron chi connectivity index (χ3n) is 5.11. The van der Waals surface area contributed by atoms with Crippen molar-refractivity contribution in [3.05, 3.63) is 17.5 Å². The van der Waals surface area contributed by atoms with Crippen molar-refractivity contribution in [2.24, 2.45) is 0 Å². The first kappa shape index (κ1) is 19.5. The zero-order valence-corrected chi connectivity index (χ0v) is 15.9. The Bertz CT molecular complexity index is 686. The number of morpholine rings is 1. The molecule has 1 aromatic rings. The smallest absolute Gasteiger partial charge is 0.224 e. The van der Waals surface area contributed by atoms with E-state index in [1.807, 2.05) is 0 Å². The number of tetrazole rings is 1. The van der Waals surface area contributed by atoms with Crippen LogP contribution < -0.4 is 5.32 Å². The largest absolute Gasteiger partial charge is 0.377 e. The van der Waals surface area contributed by atoms with E-state index in [9.17, 15) is 9.59 Å². The first-order valence-electron chi connectivity index (χ1n) is 9.68. The van der Waals surface area contributed by atoms with Crippen LogP contribution in [-0.2, 0) is 20.9 Å². The van der Waals surface area contributed by atoms with Gasteiger partial charge in [-0.15, -0.1) is 5.10 Å². The molecule has 0 bridgehead atoms. The summed E-state index contributed by atoms with van der Waals surface area (Å²) >= 11 is 0. The molecule has 2 aliphatic rings. The molecule has 2 heterocycles. The standard InChI is InChI=1S/C18H28N6O3/c1-14-20-21-22-24(14)8-7-18(26)23-9-10-27-13-16(23)11-17(25)19-12-15-5-3-2-4-6-15/h5,16H,2-4,6-13H2,1H3,(H,19,25)/t16-/m0/s1. The van der Waals surface area contributed by atoms with Crippen molar-refractivity contribution < 1.29 is 14.3 Å². The molecule has 0 aromatic carbocycles. The lowest BCUT2D eigenvalue weighted by molar-refractivity contribution is -0.141. The molecule has 27 heavy (non-hydrogen) atoms. The van der Waals surface area contributed by atoms with Crippen molar-refractivity contribution in [3.8, 4) is 0 Å². The minimum atomic E-state index is -0.221. The summed E-state index contributed by atoms with van der Waals surface area (Å²) < 4.78 is 7.11. The van der Waals surface area contributed by atoms with E-state index in [4.69, 9.17) is 4.74 Å². The molecule has 1 saturated heterocycles. The van der Waals surface area contributed by atoms with Gasteiger partial charge in [-0.25, -0.2) is 4.68 Å². The van der Waals surface area contributed by atoms with Crippen LogP contribution in [0.4, 0.5) is 0 Å². The average molecular weight is 376 g/mol. The Morgan fingerprint density at radius 1 is 1.37 bits per heavy atom. The van der Waals surface area contributed by atoms with E-state index in [0.29, 0.717) is 45.1 Å². The van der Waals surface area contributed by atoms with Crippen molar-refractivity contribution in [3.63, 3.8) is 0 Å². The molecule has 9 heteroatoms. The number of aryl methyl sites for hydroxylation is 2. The molecular formula is C18H28N6O3. The number of nitrogens with zero attached hydrogens (tertiary/aromatic N) is 5. The normalized spacial score (nSPS) is 20.3. The lowest BCUT2D eigenvalue weighted by atomic mass is 9.99. The molecule has 148 valence electrons. The Labute approximate surface area is 159 Å². The fraction of sp³-hybridized carbons (Fsp3) is 0.722. The zero-order chi connectivity index (χ0) is 19.1. The van der Waals surface area contributed by atoms with E-state index in [-0.39, 0.29) is 24.3 Å². The lowest BCUT2D eigenvalue weighted by Crippen LogP contribution is -2.50. The van der Waals surface area contributed by atoms with Crippen LogP contribution in [0.1, 0.15) is 44.3 Å². The molecule has 0 radical (unpaired) electrons. The fourth-order valence-electron chi connectivity index (χ4n) is 3.52. The number of rotatable bonds is 7. The number of carbonyl (C=O) groups is 2. The second-order valence-electron chi connectivity index (χ2n) is 7.10. The molecule has 0 spiro atoms. The van der Waals surface area contributed by atoms with E-state index >= 15 is 0 Å². The maximum Gasteiger partial charge on any atom is 0.224 e. The van der Waals surface area contributed by atoms with Gasteiger partial charge >= 0.3 is 0 Å². The molecule has 1 N–H and O–H groups in total.